The van der Waals surface area contributed by atoms with E-state index in [1.54, 1.807) is 55.1 Å². The molecule has 10 nitrogen and oxygen atoms in total. The van der Waals surface area contributed by atoms with E-state index < -0.39 is 17.6 Å². The van der Waals surface area contributed by atoms with Gasteiger partial charge in [0.1, 0.15) is 17.1 Å². The van der Waals surface area contributed by atoms with Crippen molar-refractivity contribution in [2.24, 2.45) is 7.05 Å². The summed E-state index contributed by atoms with van der Waals surface area (Å²) in [5.41, 5.74) is 7.28. The molecule has 5 heterocycles. The number of carbonyl (C=O) groups is 3. The number of aryl methyl sites for hydroxylation is 3. The monoisotopic (exact) mass is 707 g/mol. The maximum absolute atomic E-state index is 15.8. The molecule has 0 bridgehead atoms. The van der Waals surface area contributed by atoms with Gasteiger partial charge in [-0.2, -0.15) is 0 Å². The predicted octanol–water partition coefficient (Wildman–Crippen LogP) is 6.18. The zero-order chi connectivity index (χ0) is 36.8. The standard InChI is InChI=1S/C42H34FN5O5/c1-24-18-31-35(47(2)42(24)52)8-3-9-36(31)48-17-5-7-26-20-29(33(43)21-37(26)48)27-11-13-34(45-22-27)41(51)44-16-4-6-25-10-14-38-30(19-25)32(23-53-38)28-12-15-39(49)46-40(28)50/h3,8-11,13-14,18-23,28H,5,7,12,15-17H2,1-2H3,(H,44,51)(H,46,49,50). The Hall–Kier alpha value is -6.54. The van der Waals surface area contributed by atoms with E-state index in [1.807, 2.05) is 36.4 Å². The van der Waals surface area contributed by atoms with Crippen LogP contribution in [0.4, 0.5) is 15.8 Å². The van der Waals surface area contributed by atoms with Crippen LogP contribution in [0, 0.1) is 24.6 Å². The molecule has 1 fully saturated rings. The summed E-state index contributed by atoms with van der Waals surface area (Å²) in [6, 6.07) is 19.8. The number of nitrogens with zero attached hydrogens (tertiary/aromatic N) is 3. The molecule has 1 atom stereocenters. The van der Waals surface area contributed by atoms with Gasteiger partial charge in [0.05, 0.1) is 29.9 Å². The molecule has 1 saturated heterocycles. The van der Waals surface area contributed by atoms with Gasteiger partial charge in [-0.3, -0.25) is 29.5 Å². The number of hydrogen-bond acceptors (Lipinski definition) is 7. The van der Waals surface area contributed by atoms with E-state index in [2.05, 4.69) is 32.4 Å². The summed E-state index contributed by atoms with van der Waals surface area (Å²) >= 11 is 0. The Morgan fingerprint density at radius 1 is 1.04 bits per heavy atom. The number of hydrogen-bond donors (Lipinski definition) is 2. The molecule has 3 aromatic carbocycles. The zero-order valence-corrected chi connectivity index (χ0v) is 29.1. The smallest absolute Gasteiger partial charge is 0.270 e. The number of amides is 3. The topological polar surface area (TPSA) is 127 Å². The Morgan fingerprint density at radius 2 is 1.91 bits per heavy atom. The Morgan fingerprint density at radius 3 is 2.72 bits per heavy atom. The van der Waals surface area contributed by atoms with Gasteiger partial charge in [-0.05, 0) is 86.3 Å². The molecule has 3 aromatic heterocycles. The van der Waals surface area contributed by atoms with Gasteiger partial charge in [0, 0.05) is 70.5 Å². The molecule has 0 aliphatic carbocycles. The Bertz CT molecular complexity index is 2610. The number of pyridine rings is 2. The van der Waals surface area contributed by atoms with Gasteiger partial charge in [0.15, 0.2) is 0 Å². The minimum Gasteiger partial charge on any atom is -0.464 e. The van der Waals surface area contributed by atoms with Crippen LogP contribution >= 0.6 is 0 Å². The first-order valence-electron chi connectivity index (χ1n) is 17.4. The number of benzene rings is 3. The number of aromatic nitrogens is 2. The summed E-state index contributed by atoms with van der Waals surface area (Å²) in [5, 5.41) is 6.82. The van der Waals surface area contributed by atoms with Crippen LogP contribution in [-0.4, -0.2) is 40.4 Å². The predicted molar refractivity (Wildman–Crippen MR) is 199 cm³/mol. The number of furan rings is 1. The Kier molecular flexibility index (Phi) is 8.58. The van der Waals surface area contributed by atoms with Crippen LogP contribution in [0.25, 0.3) is 33.0 Å². The van der Waals surface area contributed by atoms with E-state index in [-0.39, 0.29) is 36.0 Å². The van der Waals surface area contributed by atoms with Crippen LogP contribution in [0.3, 0.4) is 0 Å². The summed E-state index contributed by atoms with van der Waals surface area (Å²) in [7, 11) is 1.77. The highest BCUT2D eigenvalue weighted by Gasteiger charge is 2.30. The fourth-order valence-electron chi connectivity index (χ4n) is 7.38. The molecule has 3 amide bonds. The van der Waals surface area contributed by atoms with Crippen molar-refractivity contribution < 1.29 is 23.2 Å². The molecule has 2 N–H and O–H groups in total. The van der Waals surface area contributed by atoms with Crippen LogP contribution in [0.2, 0.25) is 0 Å². The molecule has 264 valence electrons. The quantitative estimate of drug-likeness (QED) is 0.162. The molecule has 6 aromatic rings. The summed E-state index contributed by atoms with van der Waals surface area (Å²) in [6.45, 7) is 2.59. The lowest BCUT2D eigenvalue weighted by Gasteiger charge is -2.33. The van der Waals surface area contributed by atoms with Gasteiger partial charge in [-0.25, -0.2) is 4.39 Å². The first-order valence-corrected chi connectivity index (χ1v) is 17.4. The van der Waals surface area contributed by atoms with Crippen molar-refractivity contribution in [3.05, 3.63) is 123 Å². The summed E-state index contributed by atoms with van der Waals surface area (Å²) in [5.74, 6) is 4.07. The largest absolute Gasteiger partial charge is 0.464 e. The van der Waals surface area contributed by atoms with E-state index in [4.69, 9.17) is 4.42 Å². The summed E-state index contributed by atoms with van der Waals surface area (Å²) in [4.78, 5) is 55.9. The first-order chi connectivity index (χ1) is 25.7. The molecule has 0 spiro atoms. The Balaban J connectivity index is 0.960. The molecule has 11 heteroatoms. The van der Waals surface area contributed by atoms with Gasteiger partial charge in [0.2, 0.25) is 11.8 Å². The van der Waals surface area contributed by atoms with Crippen molar-refractivity contribution in [3.63, 3.8) is 0 Å². The molecule has 8 rings (SSSR count). The second-order valence-corrected chi connectivity index (χ2v) is 13.4. The normalized spacial score (nSPS) is 15.5. The van der Waals surface area contributed by atoms with Crippen LogP contribution in [0.1, 0.15) is 57.9 Å². The van der Waals surface area contributed by atoms with E-state index in [0.717, 1.165) is 46.1 Å². The number of anilines is 2. The van der Waals surface area contributed by atoms with Gasteiger partial charge in [0.25, 0.3) is 11.5 Å². The minimum absolute atomic E-state index is 0.0421. The fraction of sp³-hybridized carbons (Fsp3) is 0.214. The average molecular weight is 708 g/mol. The third kappa shape index (κ3) is 6.22. The minimum atomic E-state index is -0.478. The third-order valence-corrected chi connectivity index (χ3v) is 10.1. The SMILES string of the molecule is Cc1cc2c(N3CCCc4cc(-c5ccc(C(=O)NCC#Cc6ccc7occ(C8CCC(=O)NC8=O)c7c6)nc5)c(F)cc43)cccc2n(C)c1=O. The van der Waals surface area contributed by atoms with Gasteiger partial charge in [-0.1, -0.05) is 24.0 Å². The molecule has 0 radical (unpaired) electrons. The summed E-state index contributed by atoms with van der Waals surface area (Å²) in [6.07, 6.45) is 5.39. The second kappa shape index (κ2) is 13.5. The van der Waals surface area contributed by atoms with Crippen molar-refractivity contribution in [1.82, 2.24) is 20.2 Å². The highest BCUT2D eigenvalue weighted by molar-refractivity contribution is 6.03. The lowest BCUT2D eigenvalue weighted by atomic mass is 9.90. The Labute approximate surface area is 303 Å². The number of nitrogens with one attached hydrogen (secondary N) is 2. The molecule has 2 aliphatic heterocycles. The number of carbonyl (C=O) groups excluding carboxylic acids is 3. The third-order valence-electron chi connectivity index (χ3n) is 10.1. The van der Waals surface area contributed by atoms with Crippen LogP contribution in [0.5, 0.6) is 0 Å². The second-order valence-electron chi connectivity index (χ2n) is 13.4. The van der Waals surface area contributed by atoms with Crippen molar-refractivity contribution in [1.29, 1.82) is 0 Å². The highest BCUT2D eigenvalue weighted by atomic mass is 19.1. The van der Waals surface area contributed by atoms with Gasteiger partial charge < -0.3 is 19.2 Å². The number of piperidine rings is 1. The van der Waals surface area contributed by atoms with Gasteiger partial charge >= 0.3 is 0 Å². The molecular weight excluding hydrogens is 673 g/mol. The first kappa shape index (κ1) is 33.6. The fourth-order valence-corrected chi connectivity index (χ4v) is 7.38. The maximum Gasteiger partial charge on any atom is 0.270 e. The maximum atomic E-state index is 15.8. The molecule has 2 aliphatic rings. The molecule has 1 unspecified atom stereocenters. The van der Waals surface area contributed by atoms with Crippen molar-refractivity contribution >= 4 is 51.0 Å². The van der Waals surface area contributed by atoms with Crippen molar-refractivity contribution in [3.8, 4) is 23.0 Å². The van der Waals surface area contributed by atoms with Crippen LogP contribution in [-0.2, 0) is 23.1 Å². The van der Waals surface area contributed by atoms with Crippen molar-refractivity contribution in [2.45, 2.75) is 38.5 Å². The van der Waals surface area contributed by atoms with E-state index in [1.165, 1.54) is 6.20 Å². The molecule has 53 heavy (non-hydrogen) atoms. The zero-order valence-electron chi connectivity index (χ0n) is 29.1. The number of rotatable bonds is 5. The van der Waals surface area contributed by atoms with E-state index in [9.17, 15) is 19.2 Å². The lowest BCUT2D eigenvalue weighted by Crippen LogP contribution is -2.39. The number of fused-ring (bicyclic) bond motifs is 3. The van der Waals surface area contributed by atoms with E-state index >= 15 is 4.39 Å². The average Bonchev–Trinajstić information content (AvgIpc) is 3.58. The summed E-state index contributed by atoms with van der Waals surface area (Å²) < 4.78 is 23.1. The number of imide groups is 1. The molecular formula is C42H34FN5O5. The molecule has 0 saturated carbocycles. The van der Waals surface area contributed by atoms with E-state index in [0.29, 0.717) is 46.4 Å². The highest BCUT2D eigenvalue weighted by Crippen LogP contribution is 2.40. The lowest BCUT2D eigenvalue weighted by molar-refractivity contribution is -0.134. The number of halogens is 1. The van der Waals surface area contributed by atoms with Crippen LogP contribution in [0.15, 0.2) is 88.4 Å². The van der Waals surface area contributed by atoms with Crippen LogP contribution < -0.4 is 21.1 Å². The van der Waals surface area contributed by atoms with Crippen molar-refractivity contribution in [2.75, 3.05) is 18.0 Å². The van der Waals surface area contributed by atoms with Gasteiger partial charge in [-0.15, -0.1) is 0 Å².